The molecule has 0 unspecified atom stereocenters. The van der Waals surface area contributed by atoms with Crippen LogP contribution in [0.2, 0.25) is 0 Å². The number of carbonyl (C=O) groups is 3. The van der Waals surface area contributed by atoms with Gasteiger partial charge in [-0.2, -0.15) is 26.3 Å². The van der Waals surface area contributed by atoms with Gasteiger partial charge in [0.2, 0.25) is 0 Å². The molecule has 4 aromatic rings. The van der Waals surface area contributed by atoms with Gasteiger partial charge in [-0.25, -0.2) is 18.0 Å². The molecule has 0 spiro atoms. The molecule has 0 radical (unpaired) electrons. The number of aromatic nitrogens is 1. The average molecular weight is 699 g/mol. The molecule has 4 rings (SSSR count). The number of alkyl halides is 6. The molecule has 0 fully saturated rings. The molecule has 0 bridgehead atoms. The van der Waals surface area contributed by atoms with Gasteiger partial charge in [0.05, 0.1) is 16.2 Å². The van der Waals surface area contributed by atoms with Crippen molar-refractivity contribution in [3.8, 4) is 22.4 Å². The fraction of sp³-hybridized carbons (Fsp3) is 0.100. The Bertz CT molecular complexity index is 1890. The predicted molar refractivity (Wildman–Crippen MR) is 161 cm³/mol. The molecule has 0 saturated heterocycles. The number of anilines is 1. The van der Waals surface area contributed by atoms with Crippen LogP contribution in [-0.4, -0.2) is 65.9 Å². The van der Waals surface area contributed by atoms with E-state index in [2.05, 4.69) is 10.3 Å². The van der Waals surface area contributed by atoms with E-state index in [0.717, 1.165) is 5.56 Å². The summed E-state index contributed by atoms with van der Waals surface area (Å²) in [5.41, 5.74) is 9.53. The number of hydrogen-bond acceptors (Lipinski definition) is 7. The zero-order valence-electron chi connectivity index (χ0n) is 24.3. The van der Waals surface area contributed by atoms with Crippen LogP contribution in [0.1, 0.15) is 15.9 Å². The lowest BCUT2D eigenvalue weighted by molar-refractivity contribution is -0.193. The van der Waals surface area contributed by atoms with E-state index in [9.17, 15) is 39.6 Å². The van der Waals surface area contributed by atoms with Gasteiger partial charge in [0.15, 0.2) is 9.84 Å². The normalized spacial score (nSPS) is 11.1. The Morgan fingerprint density at radius 2 is 1.33 bits per heavy atom. The van der Waals surface area contributed by atoms with E-state index in [1.54, 1.807) is 91.1 Å². The maximum Gasteiger partial charge on any atom is 0.490 e. The summed E-state index contributed by atoms with van der Waals surface area (Å²) in [6, 6.07) is 24.1. The number of benzene rings is 3. The van der Waals surface area contributed by atoms with Gasteiger partial charge in [-0.1, -0.05) is 48.5 Å². The molecule has 48 heavy (non-hydrogen) atoms. The summed E-state index contributed by atoms with van der Waals surface area (Å²) in [6.07, 6.45) is -7.39. The number of pyridine rings is 1. The van der Waals surface area contributed by atoms with Gasteiger partial charge in [0.25, 0.3) is 5.91 Å². The van der Waals surface area contributed by atoms with Crippen LogP contribution in [0.15, 0.2) is 96.0 Å². The number of amides is 1. The Labute approximate surface area is 268 Å². The standard InChI is InChI=1S/C26H22N4O3S.2C2HF3O2/c1-34(32,33)23-10-3-2-8-21(23)17-11-13-20(14-12-17)30-26(31)22-9-5-15-29-24(22)18-6-4-7-19(16-18)25(27)28;2*3-2(4,5)1(6)7/h2-16H,1H3,(H3,27,28)(H,30,31);2*(H,6,7). The van der Waals surface area contributed by atoms with Crippen LogP contribution in [0.5, 0.6) is 0 Å². The van der Waals surface area contributed by atoms with Crippen molar-refractivity contribution in [2.24, 2.45) is 5.73 Å². The topological polar surface area (TPSA) is 201 Å². The highest BCUT2D eigenvalue weighted by Gasteiger charge is 2.38. The third-order valence-electron chi connectivity index (χ3n) is 5.72. The molecular weight excluding hydrogens is 674 g/mol. The molecule has 0 aliphatic rings. The number of carboxylic acid groups (broad SMARTS) is 2. The summed E-state index contributed by atoms with van der Waals surface area (Å²) in [5, 5.41) is 24.8. The van der Waals surface area contributed by atoms with Crippen molar-refractivity contribution in [2.45, 2.75) is 17.2 Å². The third-order valence-corrected chi connectivity index (χ3v) is 6.88. The number of carbonyl (C=O) groups excluding carboxylic acids is 1. The molecule has 0 saturated carbocycles. The van der Waals surface area contributed by atoms with E-state index in [0.29, 0.717) is 33.6 Å². The lowest BCUT2D eigenvalue weighted by Gasteiger charge is -2.12. The fourth-order valence-electron chi connectivity index (χ4n) is 3.61. The number of carboxylic acids is 2. The minimum Gasteiger partial charge on any atom is -0.475 e. The Hall–Kier alpha value is -5.78. The van der Waals surface area contributed by atoms with Gasteiger partial charge in [-0.3, -0.25) is 15.2 Å². The number of hydrogen-bond donors (Lipinski definition) is 5. The van der Waals surface area contributed by atoms with Crippen LogP contribution in [-0.2, 0) is 19.4 Å². The molecule has 18 heteroatoms. The minimum atomic E-state index is -5.08. The van der Waals surface area contributed by atoms with E-state index < -0.39 is 34.1 Å². The maximum absolute atomic E-state index is 13.1. The Morgan fingerprint density at radius 1 is 0.792 bits per heavy atom. The molecule has 254 valence electrons. The van der Waals surface area contributed by atoms with Crippen LogP contribution in [0, 0.1) is 5.41 Å². The molecule has 0 aliphatic heterocycles. The minimum absolute atomic E-state index is 0.0682. The van der Waals surface area contributed by atoms with E-state index in [-0.39, 0.29) is 16.6 Å². The number of sulfone groups is 1. The number of nitrogens with zero attached hydrogens (tertiary/aromatic N) is 1. The lowest BCUT2D eigenvalue weighted by atomic mass is 10.0. The predicted octanol–water partition coefficient (Wildman–Crippen LogP) is 5.62. The summed E-state index contributed by atoms with van der Waals surface area (Å²) in [5.74, 6) is -5.93. The van der Waals surface area contributed by atoms with E-state index in [1.165, 1.54) is 6.26 Å². The molecule has 6 N–H and O–H groups in total. The molecule has 0 aliphatic carbocycles. The first-order chi connectivity index (χ1) is 22.1. The van der Waals surface area contributed by atoms with Crippen molar-refractivity contribution >= 4 is 39.2 Å². The zero-order valence-corrected chi connectivity index (χ0v) is 25.1. The average Bonchev–Trinajstić information content (AvgIpc) is 3.01. The second kappa shape index (κ2) is 15.7. The van der Waals surface area contributed by atoms with Gasteiger partial charge in [0.1, 0.15) is 5.84 Å². The molecular formula is C30H24F6N4O7S. The first-order valence-electron chi connectivity index (χ1n) is 12.8. The van der Waals surface area contributed by atoms with Crippen molar-refractivity contribution in [3.05, 3.63) is 102 Å². The zero-order chi connectivity index (χ0) is 36.4. The van der Waals surface area contributed by atoms with E-state index in [1.807, 2.05) is 0 Å². The fourth-order valence-corrected chi connectivity index (χ4v) is 4.52. The van der Waals surface area contributed by atoms with Crippen molar-refractivity contribution in [2.75, 3.05) is 11.6 Å². The Kier molecular flexibility index (Phi) is 12.5. The second-order valence-corrected chi connectivity index (χ2v) is 11.3. The first kappa shape index (κ1) is 38.4. The number of rotatable bonds is 6. The monoisotopic (exact) mass is 698 g/mol. The van der Waals surface area contributed by atoms with Crippen LogP contribution in [0.4, 0.5) is 32.0 Å². The largest absolute Gasteiger partial charge is 0.490 e. The number of nitrogen functional groups attached to an aromatic ring is 1. The number of aliphatic carboxylic acids is 2. The highest BCUT2D eigenvalue weighted by molar-refractivity contribution is 7.90. The van der Waals surface area contributed by atoms with Crippen molar-refractivity contribution in [1.82, 2.24) is 4.98 Å². The first-order valence-corrected chi connectivity index (χ1v) is 14.7. The van der Waals surface area contributed by atoms with Crippen LogP contribution < -0.4 is 11.1 Å². The van der Waals surface area contributed by atoms with Crippen LogP contribution >= 0.6 is 0 Å². The molecule has 11 nitrogen and oxygen atoms in total. The van der Waals surface area contributed by atoms with Gasteiger partial charge in [0, 0.05) is 34.8 Å². The van der Waals surface area contributed by atoms with Gasteiger partial charge < -0.3 is 21.3 Å². The Balaban J connectivity index is 0.000000479. The third kappa shape index (κ3) is 11.2. The smallest absolute Gasteiger partial charge is 0.475 e. The number of nitrogens with one attached hydrogen (secondary N) is 2. The van der Waals surface area contributed by atoms with Crippen molar-refractivity contribution < 1.29 is 59.4 Å². The quantitative estimate of drug-likeness (QED) is 0.0963. The molecule has 1 amide bonds. The molecule has 3 aromatic carbocycles. The van der Waals surface area contributed by atoms with Crippen LogP contribution in [0.25, 0.3) is 22.4 Å². The van der Waals surface area contributed by atoms with Gasteiger partial charge >= 0.3 is 24.3 Å². The lowest BCUT2D eigenvalue weighted by Crippen LogP contribution is -2.21. The summed E-state index contributed by atoms with van der Waals surface area (Å²) in [6.45, 7) is 0. The van der Waals surface area contributed by atoms with Crippen LogP contribution in [0.3, 0.4) is 0 Å². The Morgan fingerprint density at radius 3 is 1.83 bits per heavy atom. The summed E-state index contributed by atoms with van der Waals surface area (Å²) < 4.78 is 87.7. The van der Waals surface area contributed by atoms with E-state index in [4.69, 9.17) is 30.9 Å². The summed E-state index contributed by atoms with van der Waals surface area (Å²) >= 11 is 0. The second-order valence-electron chi connectivity index (χ2n) is 9.30. The summed E-state index contributed by atoms with van der Waals surface area (Å²) in [4.78, 5) is 35.5. The van der Waals surface area contributed by atoms with Crippen molar-refractivity contribution in [1.29, 1.82) is 5.41 Å². The van der Waals surface area contributed by atoms with Gasteiger partial charge in [-0.05, 0) is 42.0 Å². The number of halogens is 6. The van der Waals surface area contributed by atoms with Crippen molar-refractivity contribution in [3.63, 3.8) is 0 Å². The number of amidine groups is 1. The highest BCUT2D eigenvalue weighted by Crippen LogP contribution is 2.29. The molecule has 1 aromatic heterocycles. The SMILES string of the molecule is CS(=O)(=O)c1ccccc1-c1ccc(NC(=O)c2cccnc2-c2cccc(C(=N)N)c2)cc1.O=C(O)C(F)(F)F.O=C(O)C(F)(F)F. The molecule has 0 atom stereocenters. The highest BCUT2D eigenvalue weighted by atomic mass is 32.2. The van der Waals surface area contributed by atoms with E-state index >= 15 is 0 Å². The molecule has 1 heterocycles. The summed E-state index contributed by atoms with van der Waals surface area (Å²) in [7, 11) is -3.38. The maximum atomic E-state index is 13.1. The van der Waals surface area contributed by atoms with Gasteiger partial charge in [-0.15, -0.1) is 0 Å². The number of nitrogens with two attached hydrogens (primary N) is 1.